The van der Waals surface area contributed by atoms with Crippen LogP contribution in [0.4, 0.5) is 5.82 Å². The van der Waals surface area contributed by atoms with Gasteiger partial charge in [-0.15, -0.1) is 0 Å². The fraction of sp³-hybridized carbons (Fsp3) is 0.312. The zero-order valence-electron chi connectivity index (χ0n) is 13.1. The minimum atomic E-state index is -0.439. The van der Waals surface area contributed by atoms with Crippen molar-refractivity contribution in [3.8, 4) is 0 Å². The molecule has 8 nitrogen and oxygen atoms in total. The van der Waals surface area contributed by atoms with E-state index in [1.807, 2.05) is 4.90 Å². The van der Waals surface area contributed by atoms with Gasteiger partial charge >= 0.3 is 0 Å². The van der Waals surface area contributed by atoms with E-state index in [9.17, 15) is 9.59 Å². The number of hydrogen-bond donors (Lipinski definition) is 2. The zero-order chi connectivity index (χ0) is 16.8. The van der Waals surface area contributed by atoms with Crippen molar-refractivity contribution in [1.82, 2.24) is 25.8 Å². The van der Waals surface area contributed by atoms with Crippen molar-refractivity contribution in [1.29, 1.82) is 0 Å². The first-order valence-electron chi connectivity index (χ1n) is 7.76. The van der Waals surface area contributed by atoms with Crippen LogP contribution in [0.1, 0.15) is 23.3 Å². The molecule has 0 saturated carbocycles. The predicted molar refractivity (Wildman–Crippen MR) is 86.8 cm³/mol. The van der Waals surface area contributed by atoms with Crippen LogP contribution >= 0.6 is 0 Å². The van der Waals surface area contributed by atoms with E-state index in [2.05, 4.69) is 25.8 Å². The van der Waals surface area contributed by atoms with E-state index >= 15 is 0 Å². The molecular weight excluding hydrogens is 308 g/mol. The van der Waals surface area contributed by atoms with Gasteiger partial charge in [0.25, 0.3) is 5.91 Å². The second kappa shape index (κ2) is 7.49. The molecule has 1 unspecified atom stereocenters. The summed E-state index contributed by atoms with van der Waals surface area (Å²) in [7, 11) is 0. The molecule has 0 bridgehead atoms. The highest BCUT2D eigenvalue weighted by Crippen LogP contribution is 2.20. The Morgan fingerprint density at radius 2 is 2.04 bits per heavy atom. The van der Waals surface area contributed by atoms with Gasteiger partial charge in [-0.1, -0.05) is 6.07 Å². The van der Waals surface area contributed by atoms with E-state index in [0.717, 1.165) is 25.2 Å². The van der Waals surface area contributed by atoms with Crippen molar-refractivity contribution in [2.24, 2.45) is 5.92 Å². The summed E-state index contributed by atoms with van der Waals surface area (Å²) in [4.78, 5) is 38.5. The highest BCUT2D eigenvalue weighted by Gasteiger charge is 2.27. The molecule has 2 aromatic heterocycles. The van der Waals surface area contributed by atoms with Crippen LogP contribution in [0.3, 0.4) is 0 Å². The Kier molecular flexibility index (Phi) is 4.95. The van der Waals surface area contributed by atoms with Gasteiger partial charge in [-0.2, -0.15) is 0 Å². The zero-order valence-corrected chi connectivity index (χ0v) is 13.1. The fourth-order valence-corrected chi connectivity index (χ4v) is 2.64. The number of rotatable bonds is 3. The molecule has 124 valence electrons. The van der Waals surface area contributed by atoms with Crippen molar-refractivity contribution in [2.45, 2.75) is 12.8 Å². The Morgan fingerprint density at radius 1 is 1.12 bits per heavy atom. The molecule has 2 amide bonds. The van der Waals surface area contributed by atoms with E-state index in [1.165, 1.54) is 6.20 Å². The molecule has 1 fully saturated rings. The van der Waals surface area contributed by atoms with Crippen LogP contribution in [-0.4, -0.2) is 39.9 Å². The third-order valence-corrected chi connectivity index (χ3v) is 3.86. The number of piperidine rings is 1. The quantitative estimate of drug-likeness (QED) is 0.799. The third-order valence-electron chi connectivity index (χ3n) is 3.86. The molecule has 0 aliphatic carbocycles. The number of nitrogens with zero attached hydrogens (tertiary/aromatic N) is 4. The summed E-state index contributed by atoms with van der Waals surface area (Å²) in [6, 6.07) is 5.01. The smallest absolute Gasteiger partial charge is 0.288 e. The summed E-state index contributed by atoms with van der Waals surface area (Å²) in [6.07, 6.45) is 8.10. The van der Waals surface area contributed by atoms with Crippen LogP contribution < -0.4 is 15.8 Å². The number of hydrogen-bond acceptors (Lipinski definition) is 6. The minimum Gasteiger partial charge on any atom is -0.355 e. The summed E-state index contributed by atoms with van der Waals surface area (Å²) >= 11 is 0. The Hall–Kier alpha value is -3.03. The number of anilines is 1. The maximum absolute atomic E-state index is 12.3. The first kappa shape index (κ1) is 15.9. The van der Waals surface area contributed by atoms with Crippen molar-refractivity contribution in [2.75, 3.05) is 18.0 Å². The lowest BCUT2D eigenvalue weighted by Crippen LogP contribution is -2.49. The summed E-state index contributed by atoms with van der Waals surface area (Å²) < 4.78 is 0. The van der Waals surface area contributed by atoms with Crippen LogP contribution in [0.2, 0.25) is 0 Å². The second-order valence-electron chi connectivity index (χ2n) is 5.51. The maximum atomic E-state index is 12.3. The number of nitrogens with one attached hydrogen (secondary N) is 2. The second-order valence-corrected chi connectivity index (χ2v) is 5.51. The van der Waals surface area contributed by atoms with E-state index < -0.39 is 5.91 Å². The van der Waals surface area contributed by atoms with Crippen molar-refractivity contribution in [3.05, 3.63) is 48.7 Å². The van der Waals surface area contributed by atoms with Gasteiger partial charge in [0.15, 0.2) is 0 Å². The summed E-state index contributed by atoms with van der Waals surface area (Å²) in [5, 5.41) is 0. The van der Waals surface area contributed by atoms with Crippen LogP contribution in [0.5, 0.6) is 0 Å². The van der Waals surface area contributed by atoms with Gasteiger partial charge in [0.1, 0.15) is 11.5 Å². The molecule has 1 aliphatic heterocycles. The van der Waals surface area contributed by atoms with Crippen molar-refractivity contribution < 1.29 is 9.59 Å². The predicted octanol–water partition coefficient (Wildman–Crippen LogP) is 0.549. The third kappa shape index (κ3) is 3.83. The van der Waals surface area contributed by atoms with Gasteiger partial charge in [-0.05, 0) is 25.0 Å². The molecule has 3 rings (SSSR count). The highest BCUT2D eigenvalue weighted by molar-refractivity contribution is 5.93. The average molecular weight is 326 g/mol. The molecule has 8 heteroatoms. The minimum absolute atomic E-state index is 0.215. The summed E-state index contributed by atoms with van der Waals surface area (Å²) in [6.45, 7) is 1.38. The number of pyridine rings is 1. The van der Waals surface area contributed by atoms with Crippen LogP contribution in [0.15, 0.2) is 43.0 Å². The van der Waals surface area contributed by atoms with Gasteiger partial charge in [-0.25, -0.2) is 4.98 Å². The van der Waals surface area contributed by atoms with Gasteiger partial charge in [0.2, 0.25) is 5.91 Å². The van der Waals surface area contributed by atoms with Gasteiger partial charge in [0.05, 0.1) is 12.1 Å². The average Bonchev–Trinajstić information content (AvgIpc) is 2.67. The van der Waals surface area contributed by atoms with Crippen LogP contribution in [-0.2, 0) is 4.79 Å². The molecule has 1 atom stereocenters. The van der Waals surface area contributed by atoms with Gasteiger partial charge in [0, 0.05) is 31.7 Å². The van der Waals surface area contributed by atoms with Crippen LogP contribution in [0, 0.1) is 5.92 Å². The highest BCUT2D eigenvalue weighted by atomic mass is 16.2. The van der Waals surface area contributed by atoms with E-state index in [-0.39, 0.29) is 17.5 Å². The van der Waals surface area contributed by atoms with Crippen molar-refractivity contribution >= 4 is 17.6 Å². The SMILES string of the molecule is O=C(NNC(=O)C1CCCN(c2cnccn2)C1)c1ccccn1. The maximum Gasteiger partial charge on any atom is 0.288 e. The van der Waals surface area contributed by atoms with Crippen molar-refractivity contribution in [3.63, 3.8) is 0 Å². The first-order chi connectivity index (χ1) is 11.7. The molecule has 2 N–H and O–H groups in total. The molecule has 1 saturated heterocycles. The van der Waals surface area contributed by atoms with E-state index in [4.69, 9.17) is 0 Å². The first-order valence-corrected chi connectivity index (χ1v) is 7.76. The number of aromatic nitrogens is 3. The normalized spacial score (nSPS) is 17.2. The lowest BCUT2D eigenvalue weighted by molar-refractivity contribution is -0.126. The van der Waals surface area contributed by atoms with Crippen LogP contribution in [0.25, 0.3) is 0 Å². The summed E-state index contributed by atoms with van der Waals surface area (Å²) in [5.41, 5.74) is 5.14. The molecule has 0 radical (unpaired) electrons. The Bertz CT molecular complexity index is 694. The number of amides is 2. The standard InChI is InChI=1S/C16H18N6O2/c23-15(20-21-16(24)13-5-1-2-6-18-13)12-4-3-9-22(11-12)14-10-17-7-8-19-14/h1-2,5-8,10,12H,3-4,9,11H2,(H,20,23)(H,21,24). The Labute approximate surface area is 139 Å². The van der Waals surface area contributed by atoms with E-state index in [0.29, 0.717) is 6.54 Å². The topological polar surface area (TPSA) is 100 Å². The van der Waals surface area contributed by atoms with E-state index in [1.54, 1.807) is 36.8 Å². The molecule has 3 heterocycles. The summed E-state index contributed by atoms with van der Waals surface area (Å²) in [5.74, 6) is -0.115. The molecule has 0 aromatic carbocycles. The molecular formula is C16H18N6O2. The monoisotopic (exact) mass is 326 g/mol. The largest absolute Gasteiger partial charge is 0.355 e. The number of carbonyl (C=O) groups is 2. The number of carbonyl (C=O) groups excluding carboxylic acids is 2. The lowest BCUT2D eigenvalue weighted by Gasteiger charge is -2.32. The Morgan fingerprint density at radius 3 is 2.79 bits per heavy atom. The lowest BCUT2D eigenvalue weighted by atomic mass is 9.97. The molecule has 1 aliphatic rings. The molecule has 2 aromatic rings. The fourth-order valence-electron chi connectivity index (χ4n) is 2.64. The van der Waals surface area contributed by atoms with Gasteiger partial charge in [-0.3, -0.25) is 30.4 Å². The molecule has 24 heavy (non-hydrogen) atoms. The van der Waals surface area contributed by atoms with Gasteiger partial charge < -0.3 is 4.90 Å². The molecule has 0 spiro atoms. The Balaban J connectivity index is 1.54. The number of hydrazine groups is 1.